The van der Waals surface area contributed by atoms with Crippen molar-refractivity contribution in [3.05, 3.63) is 129 Å². The first kappa shape index (κ1) is 24.0. The van der Waals surface area contributed by atoms with Crippen molar-refractivity contribution in [1.29, 1.82) is 0 Å². The molecule has 0 nitrogen and oxygen atoms in total. The second-order valence-electron chi connectivity index (χ2n) is 4.46. The molecule has 3 aliphatic rings. The van der Waals surface area contributed by atoms with Crippen LogP contribution in [0.3, 0.4) is 0 Å². The summed E-state index contributed by atoms with van der Waals surface area (Å²) in [5.74, 6) is 0. The van der Waals surface area contributed by atoms with Gasteiger partial charge in [0.2, 0.25) is 0 Å². The molecule has 0 amide bonds. The van der Waals surface area contributed by atoms with Gasteiger partial charge < -0.3 is 24.0 Å². The van der Waals surface area contributed by atoms with Gasteiger partial charge in [-0.05, 0) is 0 Å². The summed E-state index contributed by atoms with van der Waals surface area (Å²) in [5, 5.41) is 0. The van der Waals surface area contributed by atoms with Crippen LogP contribution in [0.1, 0.15) is 0 Å². The first-order valence-corrected chi connectivity index (χ1v) is 6.79. The topological polar surface area (TPSA) is 0 Å². The monoisotopic (exact) mass is 448 g/mol. The van der Waals surface area contributed by atoms with Gasteiger partial charge >= 0.3 is 21.7 Å². The molecule has 3 rings (SSSR count). The van der Waals surface area contributed by atoms with Gasteiger partial charge in [0.05, 0.1) is 0 Å². The van der Waals surface area contributed by atoms with Crippen LogP contribution in [0.2, 0.25) is 0 Å². The third-order valence-electron chi connectivity index (χ3n) is 2.53. The van der Waals surface area contributed by atoms with Gasteiger partial charge in [0, 0.05) is 0 Å². The average Bonchev–Trinajstić information content (AvgIpc) is 2.51. The van der Waals surface area contributed by atoms with E-state index < -0.39 is 0 Å². The molecule has 0 spiro atoms. The Morgan fingerprint density at radius 1 is 0.522 bits per heavy atom. The molecule has 0 aromatic carbocycles. The van der Waals surface area contributed by atoms with E-state index in [0.29, 0.717) is 0 Å². The first-order valence-electron chi connectivity index (χ1n) is 6.79. The minimum Gasteiger partial charge on any atom is -1.00 e. The number of hydrogen-bond donors (Lipinski definition) is 0. The van der Waals surface area contributed by atoms with Gasteiger partial charge in [0.25, 0.3) is 0 Å². The molecule has 2 heteroatoms. The summed E-state index contributed by atoms with van der Waals surface area (Å²) >= 11 is 0. The maximum Gasteiger partial charge on any atom is 4.00 e. The molecule has 0 aromatic rings. The third-order valence-corrected chi connectivity index (χ3v) is 2.53. The van der Waals surface area contributed by atoms with Crippen LogP contribution in [0, 0.1) is 19.3 Å². The molecule has 0 N–H and O–H groups in total. The van der Waals surface area contributed by atoms with Gasteiger partial charge in [0.15, 0.2) is 0 Å². The van der Waals surface area contributed by atoms with Crippen molar-refractivity contribution in [1.82, 2.24) is 0 Å². The van der Waals surface area contributed by atoms with Crippen LogP contribution < -0.4 is 24.0 Å². The molecular formula is C21H21ITi. The Labute approximate surface area is 173 Å². The van der Waals surface area contributed by atoms with Gasteiger partial charge in [-0.25, -0.2) is 0 Å². The van der Waals surface area contributed by atoms with E-state index in [1.165, 1.54) is 0 Å². The molecule has 0 heterocycles. The van der Waals surface area contributed by atoms with E-state index in [1.54, 1.807) is 0 Å². The van der Waals surface area contributed by atoms with Gasteiger partial charge in [-0.2, -0.15) is 36.5 Å². The predicted octanol–water partition coefficient (Wildman–Crippen LogP) is 2.62. The van der Waals surface area contributed by atoms with Crippen LogP contribution in [0.5, 0.6) is 0 Å². The van der Waals surface area contributed by atoms with Crippen LogP contribution in [0.4, 0.5) is 0 Å². The minimum atomic E-state index is 0. The van der Waals surface area contributed by atoms with Gasteiger partial charge in [-0.1, -0.05) is 0 Å². The summed E-state index contributed by atoms with van der Waals surface area (Å²) in [4.78, 5) is 0. The van der Waals surface area contributed by atoms with Gasteiger partial charge in [-0.3, -0.25) is 0 Å². The SMILES string of the molecule is C=C1C=CC=C[CH-]1.C=C1C=CC=C[CH-]1.C=C1C=CC=C[CH-]1.[I-].[Ti+4]. The van der Waals surface area contributed by atoms with Crippen LogP contribution in [0.25, 0.3) is 0 Å². The zero-order chi connectivity index (χ0) is 15.3. The summed E-state index contributed by atoms with van der Waals surface area (Å²) in [5.41, 5.74) is 3.22. The second kappa shape index (κ2) is 15.6. The fraction of sp³-hybridized carbons (Fsp3) is 0. The molecule has 0 radical (unpaired) electrons. The maximum absolute atomic E-state index is 3.72. The Kier molecular flexibility index (Phi) is 16.3. The average molecular weight is 448 g/mol. The normalized spacial score (nSPS) is 15.4. The minimum absolute atomic E-state index is 0. The molecule has 0 aromatic heterocycles. The molecule has 0 aliphatic heterocycles. The predicted molar refractivity (Wildman–Crippen MR) is 95.2 cm³/mol. The maximum atomic E-state index is 3.72. The first-order chi connectivity index (χ1) is 10.2. The molecule has 0 atom stereocenters. The summed E-state index contributed by atoms with van der Waals surface area (Å²) < 4.78 is 0. The van der Waals surface area contributed by atoms with E-state index in [4.69, 9.17) is 0 Å². The van der Waals surface area contributed by atoms with Crippen LogP contribution in [-0.2, 0) is 21.7 Å². The third kappa shape index (κ3) is 14.1. The number of hydrogen-bond acceptors (Lipinski definition) is 0. The van der Waals surface area contributed by atoms with E-state index in [1.807, 2.05) is 92.2 Å². The van der Waals surface area contributed by atoms with Crippen molar-refractivity contribution in [2.75, 3.05) is 0 Å². The Bertz CT molecular complexity index is 474. The van der Waals surface area contributed by atoms with Crippen molar-refractivity contribution in [2.24, 2.45) is 0 Å². The number of rotatable bonds is 0. The van der Waals surface area contributed by atoms with Crippen LogP contribution >= 0.6 is 0 Å². The zero-order valence-electron chi connectivity index (χ0n) is 13.2. The number of allylic oxidation sites excluding steroid dienone is 15. The quantitative estimate of drug-likeness (QED) is 0.304. The van der Waals surface area contributed by atoms with Crippen molar-refractivity contribution < 1.29 is 45.7 Å². The van der Waals surface area contributed by atoms with E-state index in [-0.39, 0.29) is 45.7 Å². The molecule has 3 aliphatic carbocycles. The van der Waals surface area contributed by atoms with Crippen molar-refractivity contribution in [2.45, 2.75) is 0 Å². The molecule has 116 valence electrons. The van der Waals surface area contributed by atoms with Gasteiger partial charge in [-0.15, -0.1) is 92.2 Å². The standard InChI is InChI=1S/3C7H7.HI.Ti/c3*1-7-5-3-2-4-6-7;;/h3*2-6H,1H2;1H;/q3*-1;;+4/p-1. The number of halogens is 1. The Morgan fingerprint density at radius 2 is 0.783 bits per heavy atom. The molecule has 0 saturated heterocycles. The van der Waals surface area contributed by atoms with Crippen LogP contribution in [0.15, 0.2) is 109 Å². The largest absolute Gasteiger partial charge is 4.00 e. The Balaban J connectivity index is 0. The van der Waals surface area contributed by atoms with Crippen molar-refractivity contribution in [3.63, 3.8) is 0 Å². The zero-order valence-corrected chi connectivity index (χ0v) is 16.9. The Morgan fingerprint density at radius 3 is 0.870 bits per heavy atom. The fourth-order valence-electron chi connectivity index (χ4n) is 1.43. The molecule has 23 heavy (non-hydrogen) atoms. The molecule has 0 fully saturated rings. The molecule has 0 unspecified atom stereocenters. The summed E-state index contributed by atoms with van der Waals surface area (Å²) in [6, 6.07) is 0. The fourth-order valence-corrected chi connectivity index (χ4v) is 1.43. The summed E-state index contributed by atoms with van der Waals surface area (Å²) in [6.07, 6.45) is 29.6. The molecule has 0 bridgehead atoms. The van der Waals surface area contributed by atoms with E-state index in [2.05, 4.69) is 19.7 Å². The summed E-state index contributed by atoms with van der Waals surface area (Å²) in [6.45, 7) is 11.2. The van der Waals surface area contributed by atoms with Crippen molar-refractivity contribution >= 4 is 0 Å². The molecule has 0 saturated carbocycles. The van der Waals surface area contributed by atoms with Crippen molar-refractivity contribution in [3.8, 4) is 0 Å². The molecular weight excluding hydrogens is 427 g/mol. The smallest absolute Gasteiger partial charge is 1.00 e. The summed E-state index contributed by atoms with van der Waals surface area (Å²) in [7, 11) is 0. The van der Waals surface area contributed by atoms with Crippen LogP contribution in [-0.4, -0.2) is 0 Å². The van der Waals surface area contributed by atoms with E-state index in [0.717, 1.165) is 16.7 Å². The van der Waals surface area contributed by atoms with E-state index in [9.17, 15) is 0 Å². The van der Waals surface area contributed by atoms with Gasteiger partial charge in [0.1, 0.15) is 0 Å². The Hall–Kier alpha value is -1.29. The second-order valence-corrected chi connectivity index (χ2v) is 4.46. The van der Waals surface area contributed by atoms with E-state index >= 15 is 0 Å².